The summed E-state index contributed by atoms with van der Waals surface area (Å²) >= 11 is 0. The van der Waals surface area contributed by atoms with Crippen molar-refractivity contribution in [2.24, 2.45) is 0 Å². The standard InChI is InChI=1S/C62H38/c1-3-10-39(11-4-1)51-28-20-41-26-34-57-53(30-22-43-24-32-55(51)59(41)61(43)57)49-18-8-16-47(37-49)45-14-7-15-46(36-45)48-17-9-19-50(38-48)54-31-23-44-25-33-56-52(40-12-5-2-6-13-40)29-21-42-27-35-58(54)62(44)60(42)56/h1-38H. The van der Waals surface area contributed by atoms with Crippen LogP contribution in [-0.2, 0) is 0 Å². The van der Waals surface area contributed by atoms with E-state index in [0.717, 1.165) is 0 Å². The smallest absolute Gasteiger partial charge is 0.00203 e. The Balaban J connectivity index is 0.884. The van der Waals surface area contributed by atoms with E-state index in [1.807, 2.05) is 0 Å². The van der Waals surface area contributed by atoms with Crippen LogP contribution in [0.5, 0.6) is 0 Å². The van der Waals surface area contributed by atoms with Crippen molar-refractivity contribution in [2.45, 2.75) is 0 Å². The largest absolute Gasteiger partial charge is 0.0622 e. The third-order valence-electron chi connectivity index (χ3n) is 13.4. The van der Waals surface area contributed by atoms with E-state index < -0.39 is 0 Å². The molecule has 0 aromatic heterocycles. The van der Waals surface area contributed by atoms with E-state index in [1.54, 1.807) is 0 Å². The van der Waals surface area contributed by atoms with Gasteiger partial charge in [-0.05, 0) is 150 Å². The van der Waals surface area contributed by atoms with Crippen molar-refractivity contribution in [2.75, 3.05) is 0 Å². The molecule has 13 rings (SSSR count). The molecular formula is C62H38. The van der Waals surface area contributed by atoms with Crippen molar-refractivity contribution in [1.82, 2.24) is 0 Å². The molecule has 0 aliphatic rings. The second kappa shape index (κ2) is 13.7. The average molecular weight is 783 g/mol. The molecule has 0 heterocycles. The molecule has 0 amide bonds. The molecule has 0 aliphatic heterocycles. The molecule has 0 N–H and O–H groups in total. The van der Waals surface area contributed by atoms with Crippen LogP contribution in [0.3, 0.4) is 0 Å². The lowest BCUT2D eigenvalue weighted by molar-refractivity contribution is 1.58. The highest BCUT2D eigenvalue weighted by atomic mass is 14.2. The topological polar surface area (TPSA) is 0 Å². The molecule has 0 spiro atoms. The zero-order valence-electron chi connectivity index (χ0n) is 33.9. The molecule has 0 atom stereocenters. The van der Waals surface area contributed by atoms with Crippen molar-refractivity contribution in [3.63, 3.8) is 0 Å². The van der Waals surface area contributed by atoms with Crippen LogP contribution in [0.15, 0.2) is 231 Å². The fourth-order valence-corrected chi connectivity index (χ4v) is 10.5. The van der Waals surface area contributed by atoms with E-state index >= 15 is 0 Å². The third-order valence-corrected chi connectivity index (χ3v) is 13.4. The van der Waals surface area contributed by atoms with Crippen LogP contribution in [0.1, 0.15) is 0 Å². The molecule has 0 heteroatoms. The Morgan fingerprint density at radius 1 is 0.161 bits per heavy atom. The van der Waals surface area contributed by atoms with Gasteiger partial charge in [-0.3, -0.25) is 0 Å². The average Bonchev–Trinajstić information content (AvgIpc) is 3.35. The van der Waals surface area contributed by atoms with E-state index in [-0.39, 0.29) is 0 Å². The number of rotatable bonds is 6. The van der Waals surface area contributed by atoms with Gasteiger partial charge in [0, 0.05) is 0 Å². The fraction of sp³-hybridized carbons (Fsp3) is 0. The van der Waals surface area contributed by atoms with Crippen LogP contribution in [-0.4, -0.2) is 0 Å². The zero-order valence-corrected chi connectivity index (χ0v) is 33.9. The lowest BCUT2D eigenvalue weighted by Gasteiger charge is -2.17. The normalized spacial score (nSPS) is 11.9. The maximum Gasteiger partial charge on any atom is -0.00203 e. The van der Waals surface area contributed by atoms with Gasteiger partial charge in [-0.15, -0.1) is 0 Å². The van der Waals surface area contributed by atoms with Gasteiger partial charge in [-0.1, -0.05) is 212 Å². The van der Waals surface area contributed by atoms with Crippen LogP contribution in [0.4, 0.5) is 0 Å². The lowest BCUT2D eigenvalue weighted by Crippen LogP contribution is -1.90. The molecule has 0 unspecified atom stereocenters. The van der Waals surface area contributed by atoms with Gasteiger partial charge in [-0.2, -0.15) is 0 Å². The maximum absolute atomic E-state index is 2.37. The third kappa shape index (κ3) is 5.40. The first kappa shape index (κ1) is 34.8. The van der Waals surface area contributed by atoms with Crippen LogP contribution >= 0.6 is 0 Å². The Labute approximate surface area is 360 Å². The predicted octanol–water partition coefficient (Wildman–Crippen LogP) is 17.5. The van der Waals surface area contributed by atoms with Crippen molar-refractivity contribution in [1.29, 1.82) is 0 Å². The SMILES string of the molecule is c1ccc(-c2ccc3ccc4c(-c5cccc(-c6cccc(-c7cccc(-c8ccc9ccc%10c(-c%11ccccc%11)ccc%11ccc8c9c%11%10)c7)c6)c5)ccc5ccc2c3c54)cc1. The van der Waals surface area contributed by atoms with Gasteiger partial charge in [0.25, 0.3) is 0 Å². The maximum atomic E-state index is 2.37. The highest BCUT2D eigenvalue weighted by Crippen LogP contribution is 2.45. The number of hydrogen-bond donors (Lipinski definition) is 0. The molecule has 0 bridgehead atoms. The second-order valence-corrected chi connectivity index (χ2v) is 16.8. The molecule has 286 valence electrons. The minimum Gasteiger partial charge on any atom is -0.0622 e. The number of hydrogen-bond acceptors (Lipinski definition) is 0. The predicted molar refractivity (Wildman–Crippen MR) is 266 cm³/mol. The van der Waals surface area contributed by atoms with Gasteiger partial charge < -0.3 is 0 Å². The summed E-state index contributed by atoms with van der Waals surface area (Å²) in [6, 6.07) is 85.5. The highest BCUT2D eigenvalue weighted by molar-refractivity contribution is 6.29. The van der Waals surface area contributed by atoms with Gasteiger partial charge in [0.15, 0.2) is 0 Å². The summed E-state index contributed by atoms with van der Waals surface area (Å²) in [7, 11) is 0. The first-order valence-corrected chi connectivity index (χ1v) is 21.6. The van der Waals surface area contributed by atoms with Gasteiger partial charge in [0.2, 0.25) is 0 Å². The highest BCUT2D eigenvalue weighted by Gasteiger charge is 2.17. The summed E-state index contributed by atoms with van der Waals surface area (Å²) in [6.45, 7) is 0. The lowest BCUT2D eigenvalue weighted by atomic mass is 9.86. The Bertz CT molecular complexity index is 3590. The summed E-state index contributed by atoms with van der Waals surface area (Å²) in [5.41, 5.74) is 14.8. The Hall–Kier alpha value is -8.06. The van der Waals surface area contributed by atoms with E-state index in [0.29, 0.717) is 0 Å². The minimum absolute atomic E-state index is 1.21. The summed E-state index contributed by atoms with van der Waals surface area (Å²) in [5.74, 6) is 0. The quantitative estimate of drug-likeness (QED) is 0.147. The molecule has 0 saturated heterocycles. The molecule has 0 radical (unpaired) electrons. The molecule has 13 aromatic carbocycles. The monoisotopic (exact) mass is 782 g/mol. The first-order chi connectivity index (χ1) is 30.7. The van der Waals surface area contributed by atoms with Crippen molar-refractivity contribution in [3.8, 4) is 66.8 Å². The van der Waals surface area contributed by atoms with Gasteiger partial charge in [-0.25, -0.2) is 0 Å². The minimum atomic E-state index is 1.21. The van der Waals surface area contributed by atoms with Gasteiger partial charge >= 0.3 is 0 Å². The van der Waals surface area contributed by atoms with Crippen molar-refractivity contribution >= 4 is 64.6 Å². The molecular weight excluding hydrogens is 745 g/mol. The van der Waals surface area contributed by atoms with E-state index in [4.69, 9.17) is 0 Å². The van der Waals surface area contributed by atoms with Gasteiger partial charge in [0.1, 0.15) is 0 Å². The summed E-state index contributed by atoms with van der Waals surface area (Å²) in [6.07, 6.45) is 0. The Morgan fingerprint density at radius 3 is 0.726 bits per heavy atom. The molecule has 13 aromatic rings. The van der Waals surface area contributed by atoms with Crippen LogP contribution in [0.2, 0.25) is 0 Å². The van der Waals surface area contributed by atoms with Crippen molar-refractivity contribution < 1.29 is 0 Å². The Kier molecular flexibility index (Phi) is 7.71. The van der Waals surface area contributed by atoms with E-state index in [1.165, 1.54) is 131 Å². The first-order valence-electron chi connectivity index (χ1n) is 21.6. The van der Waals surface area contributed by atoms with E-state index in [2.05, 4.69) is 231 Å². The van der Waals surface area contributed by atoms with Gasteiger partial charge in [0.05, 0.1) is 0 Å². The molecule has 0 fully saturated rings. The molecule has 62 heavy (non-hydrogen) atoms. The van der Waals surface area contributed by atoms with Crippen LogP contribution < -0.4 is 0 Å². The summed E-state index contributed by atoms with van der Waals surface area (Å²) in [4.78, 5) is 0. The summed E-state index contributed by atoms with van der Waals surface area (Å²) < 4.78 is 0. The second-order valence-electron chi connectivity index (χ2n) is 16.8. The van der Waals surface area contributed by atoms with Crippen LogP contribution in [0, 0.1) is 0 Å². The zero-order chi connectivity index (χ0) is 40.7. The fourth-order valence-electron chi connectivity index (χ4n) is 10.5. The Morgan fingerprint density at radius 2 is 0.403 bits per heavy atom. The summed E-state index contributed by atoms with van der Waals surface area (Å²) in [5, 5.41) is 15.6. The number of benzene rings is 13. The van der Waals surface area contributed by atoms with Crippen LogP contribution in [0.25, 0.3) is 131 Å². The molecule has 0 nitrogen and oxygen atoms in total. The molecule has 0 saturated carbocycles. The van der Waals surface area contributed by atoms with E-state index in [9.17, 15) is 0 Å². The molecule has 0 aliphatic carbocycles. The van der Waals surface area contributed by atoms with Crippen molar-refractivity contribution in [3.05, 3.63) is 231 Å².